The number of aromatic nitrogens is 2. The number of hydrogen-bond donors (Lipinski definition) is 1. The van der Waals surface area contributed by atoms with Crippen molar-refractivity contribution in [1.82, 2.24) is 15.3 Å². The zero-order valence-corrected chi connectivity index (χ0v) is 11.7. The van der Waals surface area contributed by atoms with Crippen molar-refractivity contribution in [1.29, 1.82) is 0 Å². The van der Waals surface area contributed by atoms with Crippen LogP contribution in [0.1, 0.15) is 16.8 Å². The van der Waals surface area contributed by atoms with E-state index >= 15 is 0 Å². The van der Waals surface area contributed by atoms with Gasteiger partial charge in [-0.15, -0.1) is 0 Å². The van der Waals surface area contributed by atoms with E-state index in [0.717, 1.165) is 17.4 Å². The first-order valence-electron chi connectivity index (χ1n) is 5.90. The van der Waals surface area contributed by atoms with Crippen LogP contribution in [0.4, 0.5) is 0 Å². The van der Waals surface area contributed by atoms with Crippen molar-refractivity contribution in [2.24, 2.45) is 0 Å². The molecule has 1 aromatic carbocycles. The average Bonchev–Trinajstić information content (AvgIpc) is 2.33. The second-order valence-corrected chi connectivity index (χ2v) is 5.23. The van der Waals surface area contributed by atoms with Crippen LogP contribution < -0.4 is 5.32 Å². The van der Waals surface area contributed by atoms with Gasteiger partial charge in [0.05, 0.1) is 0 Å². The van der Waals surface area contributed by atoms with Gasteiger partial charge in [0.25, 0.3) is 0 Å². The molecule has 0 fully saturated rings. The summed E-state index contributed by atoms with van der Waals surface area (Å²) in [6.07, 6.45) is 1.80. The first-order valence-corrected chi connectivity index (χ1v) is 6.72. The minimum Gasteiger partial charge on any atom is -0.316 e. The van der Waals surface area contributed by atoms with Gasteiger partial charge in [0.15, 0.2) is 5.16 Å². The number of hydrogen-bond acceptors (Lipinski definition) is 4. The lowest BCUT2D eigenvalue weighted by molar-refractivity contribution is 0.801. The summed E-state index contributed by atoms with van der Waals surface area (Å²) >= 11 is 1.61. The molecule has 94 valence electrons. The van der Waals surface area contributed by atoms with Crippen molar-refractivity contribution >= 4 is 11.8 Å². The molecule has 0 spiro atoms. The zero-order chi connectivity index (χ0) is 13.0. The van der Waals surface area contributed by atoms with Crippen LogP contribution in [0.5, 0.6) is 0 Å². The predicted molar refractivity (Wildman–Crippen MR) is 74.8 cm³/mol. The minimum absolute atomic E-state index is 0.802. The Morgan fingerprint density at radius 2 is 2.06 bits per heavy atom. The number of rotatable bonds is 4. The van der Waals surface area contributed by atoms with Crippen molar-refractivity contribution in [2.45, 2.75) is 30.4 Å². The quantitative estimate of drug-likeness (QED) is 0.857. The lowest BCUT2D eigenvalue weighted by Crippen LogP contribution is -2.06. The molecule has 0 aliphatic carbocycles. The number of nitrogens with one attached hydrogen (secondary N) is 1. The van der Waals surface area contributed by atoms with Crippen molar-refractivity contribution in [3.8, 4) is 0 Å². The Bertz CT molecular complexity index is 540. The predicted octanol–water partition coefficient (Wildman–Crippen LogP) is 2.96. The van der Waals surface area contributed by atoms with E-state index in [9.17, 15) is 0 Å². The summed E-state index contributed by atoms with van der Waals surface area (Å²) in [6.45, 7) is 4.95. The van der Waals surface area contributed by atoms with E-state index < -0.39 is 0 Å². The van der Waals surface area contributed by atoms with Gasteiger partial charge in [0.2, 0.25) is 0 Å². The Balaban J connectivity index is 2.28. The minimum atomic E-state index is 0.802. The van der Waals surface area contributed by atoms with E-state index in [1.54, 1.807) is 18.0 Å². The normalized spacial score (nSPS) is 10.6. The average molecular weight is 259 g/mol. The van der Waals surface area contributed by atoms with Crippen molar-refractivity contribution in [3.05, 3.63) is 47.3 Å². The monoisotopic (exact) mass is 259 g/mol. The highest BCUT2D eigenvalue weighted by molar-refractivity contribution is 7.99. The van der Waals surface area contributed by atoms with Gasteiger partial charge < -0.3 is 5.32 Å². The highest BCUT2D eigenvalue weighted by atomic mass is 32.2. The lowest BCUT2D eigenvalue weighted by Gasteiger charge is -2.09. The van der Waals surface area contributed by atoms with Crippen molar-refractivity contribution < 1.29 is 0 Å². The summed E-state index contributed by atoms with van der Waals surface area (Å²) in [6, 6.07) is 8.37. The van der Waals surface area contributed by atoms with Gasteiger partial charge in [-0.1, -0.05) is 17.7 Å². The maximum Gasteiger partial charge on any atom is 0.192 e. The van der Waals surface area contributed by atoms with Crippen LogP contribution in [0.15, 0.2) is 40.5 Å². The Kier molecular flexibility index (Phi) is 4.33. The summed E-state index contributed by atoms with van der Waals surface area (Å²) < 4.78 is 0. The molecule has 0 saturated heterocycles. The summed E-state index contributed by atoms with van der Waals surface area (Å²) in [5.41, 5.74) is 3.55. The Morgan fingerprint density at radius 1 is 1.22 bits per heavy atom. The summed E-state index contributed by atoms with van der Waals surface area (Å²) in [4.78, 5) is 9.92. The van der Waals surface area contributed by atoms with Crippen LogP contribution in [0.2, 0.25) is 0 Å². The van der Waals surface area contributed by atoms with Gasteiger partial charge in [-0.25, -0.2) is 9.97 Å². The highest BCUT2D eigenvalue weighted by Gasteiger charge is 2.06. The third kappa shape index (κ3) is 3.31. The third-order valence-electron chi connectivity index (χ3n) is 2.56. The maximum atomic E-state index is 4.42. The molecule has 0 unspecified atom stereocenters. The third-order valence-corrected chi connectivity index (χ3v) is 3.55. The molecule has 1 N–H and O–H groups in total. The van der Waals surface area contributed by atoms with Crippen molar-refractivity contribution in [3.63, 3.8) is 0 Å². The molecular formula is C14H17N3S. The lowest BCUT2D eigenvalue weighted by atomic mass is 10.1. The van der Waals surface area contributed by atoms with Crippen LogP contribution >= 0.6 is 11.8 Å². The molecule has 1 aromatic heterocycles. The highest BCUT2D eigenvalue weighted by Crippen LogP contribution is 2.28. The van der Waals surface area contributed by atoms with Gasteiger partial charge >= 0.3 is 0 Å². The van der Waals surface area contributed by atoms with Crippen molar-refractivity contribution in [2.75, 3.05) is 7.05 Å². The van der Waals surface area contributed by atoms with E-state index in [4.69, 9.17) is 0 Å². The fourth-order valence-corrected chi connectivity index (χ4v) is 2.61. The Labute approximate surface area is 112 Å². The fourth-order valence-electron chi connectivity index (χ4n) is 1.71. The van der Waals surface area contributed by atoms with Gasteiger partial charge in [-0.2, -0.15) is 0 Å². The largest absolute Gasteiger partial charge is 0.316 e. The van der Waals surface area contributed by atoms with Crippen LogP contribution in [0.3, 0.4) is 0 Å². The van der Waals surface area contributed by atoms with Gasteiger partial charge in [-0.05, 0) is 50.4 Å². The first kappa shape index (κ1) is 13.1. The standard InChI is InChI=1S/C14H17N3S/c1-10-4-5-13(12(8-10)9-15-3)18-14-16-7-6-11(2)17-14/h4-8,15H,9H2,1-3H3. The maximum absolute atomic E-state index is 4.42. The molecule has 0 atom stereocenters. The van der Waals surface area contributed by atoms with E-state index in [1.807, 2.05) is 20.0 Å². The van der Waals surface area contributed by atoms with E-state index in [-0.39, 0.29) is 0 Å². The zero-order valence-electron chi connectivity index (χ0n) is 10.9. The van der Waals surface area contributed by atoms with E-state index in [1.165, 1.54) is 16.0 Å². The molecule has 0 bridgehead atoms. The molecular weight excluding hydrogens is 242 g/mol. The topological polar surface area (TPSA) is 37.8 Å². The SMILES string of the molecule is CNCc1cc(C)ccc1Sc1nccc(C)n1. The number of nitrogens with zero attached hydrogens (tertiary/aromatic N) is 2. The van der Waals surface area contributed by atoms with Crippen LogP contribution in [-0.4, -0.2) is 17.0 Å². The molecule has 3 nitrogen and oxygen atoms in total. The Morgan fingerprint density at radius 3 is 2.78 bits per heavy atom. The number of benzene rings is 1. The molecule has 0 saturated carbocycles. The van der Waals surface area contributed by atoms with E-state index in [2.05, 4.69) is 40.4 Å². The molecule has 0 aliphatic rings. The smallest absolute Gasteiger partial charge is 0.192 e. The van der Waals surface area contributed by atoms with Gasteiger partial charge in [0.1, 0.15) is 0 Å². The summed E-state index contributed by atoms with van der Waals surface area (Å²) in [5.74, 6) is 0. The number of aryl methyl sites for hydroxylation is 2. The molecule has 18 heavy (non-hydrogen) atoms. The first-order chi connectivity index (χ1) is 8.69. The van der Waals surface area contributed by atoms with Crippen LogP contribution in [-0.2, 0) is 6.54 Å². The molecule has 0 amide bonds. The van der Waals surface area contributed by atoms with E-state index in [0.29, 0.717) is 0 Å². The Hall–Kier alpha value is -1.39. The molecule has 0 aliphatic heterocycles. The van der Waals surface area contributed by atoms with Crippen LogP contribution in [0.25, 0.3) is 0 Å². The summed E-state index contributed by atoms with van der Waals surface area (Å²) in [5, 5.41) is 4.00. The second kappa shape index (κ2) is 5.98. The molecule has 2 aromatic rings. The summed E-state index contributed by atoms with van der Waals surface area (Å²) in [7, 11) is 1.96. The van der Waals surface area contributed by atoms with Crippen LogP contribution in [0, 0.1) is 13.8 Å². The molecule has 4 heteroatoms. The van der Waals surface area contributed by atoms with Gasteiger partial charge in [0, 0.05) is 23.3 Å². The second-order valence-electron chi connectivity index (χ2n) is 4.22. The fraction of sp³-hybridized carbons (Fsp3) is 0.286. The van der Waals surface area contributed by atoms with Gasteiger partial charge in [-0.3, -0.25) is 0 Å². The molecule has 0 radical (unpaired) electrons. The molecule has 2 rings (SSSR count). The molecule has 1 heterocycles.